The Balaban J connectivity index is 1.47. The standard InChI is InChI=1S/C26H27FN4O2/c1-2-25-15-17-16-30-31(20-7-5-19(27)6-8-20)23(17)14-18(25)9-11-26(25,33)12-10-22-21(24(28)32)4-3-13-29-22/h3-8,13-14,16,33H,2,9-12,15H2,1H3,(H2,28,32). The van der Waals surface area contributed by atoms with Crippen LogP contribution in [0.5, 0.6) is 0 Å². The smallest absolute Gasteiger partial charge is 0.250 e. The van der Waals surface area contributed by atoms with E-state index in [-0.39, 0.29) is 5.82 Å². The number of rotatable bonds is 6. The predicted octanol–water partition coefficient (Wildman–Crippen LogP) is 4.00. The zero-order chi connectivity index (χ0) is 23.2. The van der Waals surface area contributed by atoms with Crippen molar-refractivity contribution >= 4 is 12.0 Å². The van der Waals surface area contributed by atoms with Crippen LogP contribution in [0.2, 0.25) is 0 Å². The number of nitrogens with zero attached hydrogens (tertiary/aromatic N) is 3. The van der Waals surface area contributed by atoms with Crippen LogP contribution in [0.1, 0.15) is 59.9 Å². The van der Waals surface area contributed by atoms with E-state index in [0.717, 1.165) is 29.8 Å². The minimum atomic E-state index is -0.921. The predicted molar refractivity (Wildman–Crippen MR) is 123 cm³/mol. The van der Waals surface area contributed by atoms with Gasteiger partial charge in [-0.3, -0.25) is 9.78 Å². The molecule has 0 saturated heterocycles. The molecule has 0 spiro atoms. The number of benzene rings is 1. The first kappa shape index (κ1) is 21.5. The molecule has 0 radical (unpaired) electrons. The summed E-state index contributed by atoms with van der Waals surface area (Å²) >= 11 is 0. The molecule has 6 nitrogen and oxygen atoms in total. The number of carbonyl (C=O) groups excluding carboxylic acids is 1. The lowest BCUT2D eigenvalue weighted by Gasteiger charge is -2.45. The molecule has 1 aromatic carbocycles. The number of pyridine rings is 1. The Hall–Kier alpha value is -3.32. The summed E-state index contributed by atoms with van der Waals surface area (Å²) in [5.41, 5.74) is 9.34. The number of aliphatic hydroxyl groups is 1. The molecular formula is C26H27FN4O2. The van der Waals surface area contributed by atoms with Crippen LogP contribution in [0.3, 0.4) is 0 Å². The first-order valence-corrected chi connectivity index (χ1v) is 11.4. The van der Waals surface area contributed by atoms with Crippen molar-refractivity contribution in [1.29, 1.82) is 0 Å². The van der Waals surface area contributed by atoms with E-state index in [0.29, 0.717) is 36.9 Å². The van der Waals surface area contributed by atoms with Crippen LogP contribution >= 0.6 is 0 Å². The van der Waals surface area contributed by atoms with Gasteiger partial charge in [0.25, 0.3) is 5.91 Å². The molecular weight excluding hydrogens is 419 g/mol. The topological polar surface area (TPSA) is 94.0 Å². The Morgan fingerprint density at radius 3 is 2.79 bits per heavy atom. The van der Waals surface area contributed by atoms with E-state index < -0.39 is 16.9 Å². The van der Waals surface area contributed by atoms with E-state index in [1.807, 2.05) is 10.9 Å². The highest BCUT2D eigenvalue weighted by Crippen LogP contribution is 2.58. The highest BCUT2D eigenvalue weighted by molar-refractivity contribution is 5.93. The van der Waals surface area contributed by atoms with Crippen molar-refractivity contribution < 1.29 is 14.3 Å². The first-order chi connectivity index (χ1) is 15.9. The average Bonchev–Trinajstić information content (AvgIpc) is 3.35. The van der Waals surface area contributed by atoms with Crippen molar-refractivity contribution in [3.05, 3.63) is 82.7 Å². The van der Waals surface area contributed by atoms with Crippen molar-refractivity contribution in [2.24, 2.45) is 11.1 Å². The van der Waals surface area contributed by atoms with Gasteiger partial charge in [-0.1, -0.05) is 12.5 Å². The third-order valence-corrected chi connectivity index (χ3v) is 7.61. The molecule has 3 aromatic rings. The quantitative estimate of drug-likeness (QED) is 0.598. The number of carbonyl (C=O) groups is 1. The van der Waals surface area contributed by atoms with Crippen molar-refractivity contribution in [1.82, 2.24) is 14.8 Å². The number of aryl methyl sites for hydroxylation is 1. The van der Waals surface area contributed by atoms with Gasteiger partial charge in [0.1, 0.15) is 5.82 Å². The third kappa shape index (κ3) is 3.38. The maximum absolute atomic E-state index is 13.4. The summed E-state index contributed by atoms with van der Waals surface area (Å²) in [5, 5.41) is 16.5. The summed E-state index contributed by atoms with van der Waals surface area (Å²) in [5.74, 6) is -0.783. The molecule has 1 saturated carbocycles. The van der Waals surface area contributed by atoms with Crippen molar-refractivity contribution in [3.63, 3.8) is 0 Å². The van der Waals surface area contributed by atoms with Gasteiger partial charge < -0.3 is 10.8 Å². The molecule has 0 bridgehead atoms. The summed E-state index contributed by atoms with van der Waals surface area (Å²) < 4.78 is 15.2. The van der Waals surface area contributed by atoms with Gasteiger partial charge >= 0.3 is 0 Å². The van der Waals surface area contributed by atoms with Crippen LogP contribution in [-0.4, -0.2) is 31.4 Å². The number of hydrogen-bond acceptors (Lipinski definition) is 4. The molecule has 7 heteroatoms. The zero-order valence-corrected chi connectivity index (χ0v) is 18.6. The van der Waals surface area contributed by atoms with Crippen LogP contribution in [0.4, 0.5) is 4.39 Å². The van der Waals surface area contributed by atoms with Gasteiger partial charge in [-0.15, -0.1) is 0 Å². The Labute approximate surface area is 192 Å². The number of aromatic nitrogens is 3. The fraction of sp³-hybridized carbons (Fsp3) is 0.346. The maximum atomic E-state index is 13.4. The summed E-state index contributed by atoms with van der Waals surface area (Å²) in [7, 11) is 0. The Bertz CT molecular complexity index is 1250. The normalized spacial score (nSPS) is 23.7. The van der Waals surface area contributed by atoms with Gasteiger partial charge in [0.05, 0.1) is 34.4 Å². The molecule has 170 valence electrons. The fourth-order valence-electron chi connectivity index (χ4n) is 5.80. The lowest BCUT2D eigenvalue weighted by molar-refractivity contribution is -0.0570. The van der Waals surface area contributed by atoms with Crippen LogP contribution in [0.15, 0.2) is 54.4 Å². The number of primary amides is 1. The van der Waals surface area contributed by atoms with E-state index in [1.165, 1.54) is 17.7 Å². The van der Waals surface area contributed by atoms with Crippen molar-refractivity contribution in [2.45, 2.75) is 51.0 Å². The number of hydrogen-bond donors (Lipinski definition) is 2. The van der Waals surface area contributed by atoms with Gasteiger partial charge in [0.15, 0.2) is 0 Å². The SMILES string of the molecule is CCC12Cc3cnn(-c4ccc(F)cc4)c3C=C1CCC2(O)CCc1ncccc1C(N)=O. The number of nitrogens with two attached hydrogens (primary N) is 1. The zero-order valence-electron chi connectivity index (χ0n) is 18.6. The van der Waals surface area contributed by atoms with Crippen molar-refractivity contribution in [2.75, 3.05) is 0 Å². The molecule has 33 heavy (non-hydrogen) atoms. The molecule has 5 rings (SSSR count). The lowest BCUT2D eigenvalue weighted by atomic mass is 9.63. The van der Waals surface area contributed by atoms with Gasteiger partial charge in [0.2, 0.25) is 0 Å². The average molecular weight is 447 g/mol. The second-order valence-electron chi connectivity index (χ2n) is 9.12. The second kappa shape index (κ2) is 7.92. The summed E-state index contributed by atoms with van der Waals surface area (Å²) in [6.45, 7) is 2.12. The second-order valence-corrected chi connectivity index (χ2v) is 9.12. The van der Waals surface area contributed by atoms with Gasteiger partial charge in [0, 0.05) is 11.6 Å². The van der Waals surface area contributed by atoms with E-state index in [9.17, 15) is 14.3 Å². The molecule has 2 aliphatic rings. The minimum absolute atomic E-state index is 0.281. The molecule has 0 aliphatic heterocycles. The molecule has 1 fully saturated rings. The molecule has 2 aliphatic carbocycles. The van der Waals surface area contributed by atoms with E-state index in [2.05, 4.69) is 23.1 Å². The maximum Gasteiger partial charge on any atom is 0.250 e. The highest BCUT2D eigenvalue weighted by Gasteiger charge is 2.56. The van der Waals surface area contributed by atoms with E-state index >= 15 is 0 Å². The fourth-order valence-corrected chi connectivity index (χ4v) is 5.80. The van der Waals surface area contributed by atoms with Crippen LogP contribution in [-0.2, 0) is 12.8 Å². The third-order valence-electron chi connectivity index (χ3n) is 7.61. The van der Waals surface area contributed by atoms with E-state index in [4.69, 9.17) is 5.73 Å². The number of halogens is 1. The monoisotopic (exact) mass is 446 g/mol. The number of fused-ring (bicyclic) bond motifs is 2. The lowest BCUT2D eigenvalue weighted by Crippen LogP contribution is -2.47. The molecule has 2 aromatic heterocycles. The molecule has 2 unspecified atom stereocenters. The molecule has 1 amide bonds. The van der Waals surface area contributed by atoms with E-state index in [1.54, 1.807) is 30.5 Å². The van der Waals surface area contributed by atoms with Crippen LogP contribution in [0.25, 0.3) is 11.8 Å². The highest BCUT2D eigenvalue weighted by atomic mass is 19.1. The van der Waals surface area contributed by atoms with Crippen molar-refractivity contribution in [3.8, 4) is 5.69 Å². The van der Waals surface area contributed by atoms with Gasteiger partial charge in [-0.05, 0) is 86.6 Å². The minimum Gasteiger partial charge on any atom is -0.389 e. The van der Waals surface area contributed by atoms with Gasteiger partial charge in [-0.2, -0.15) is 5.10 Å². The Kier molecular flexibility index (Phi) is 5.16. The molecule has 3 N–H and O–H groups in total. The van der Waals surface area contributed by atoms with Crippen LogP contribution in [0, 0.1) is 11.2 Å². The first-order valence-electron chi connectivity index (χ1n) is 11.4. The van der Waals surface area contributed by atoms with Crippen LogP contribution < -0.4 is 5.73 Å². The summed E-state index contributed by atoms with van der Waals surface area (Å²) in [4.78, 5) is 16.2. The number of amides is 1. The van der Waals surface area contributed by atoms with Gasteiger partial charge in [-0.25, -0.2) is 9.07 Å². The summed E-state index contributed by atoms with van der Waals surface area (Å²) in [6.07, 6.45) is 9.57. The molecule has 2 atom stereocenters. The Morgan fingerprint density at radius 2 is 2.06 bits per heavy atom. The molecule has 2 heterocycles. The summed E-state index contributed by atoms with van der Waals surface area (Å²) in [6, 6.07) is 9.68. The Morgan fingerprint density at radius 1 is 1.27 bits per heavy atom. The largest absolute Gasteiger partial charge is 0.389 e.